The van der Waals surface area contributed by atoms with Gasteiger partial charge in [-0.3, -0.25) is 5.21 Å². The molecule has 1 aliphatic rings. The van der Waals surface area contributed by atoms with E-state index in [0.717, 1.165) is 11.5 Å². The monoisotopic (exact) mass is 240 g/mol. The zero-order valence-corrected chi connectivity index (χ0v) is 9.63. The highest BCUT2D eigenvalue weighted by atomic mass is 35.5. The van der Waals surface area contributed by atoms with Crippen LogP contribution >= 0.6 is 11.6 Å². The molecule has 0 saturated carbocycles. The van der Waals surface area contributed by atoms with Crippen molar-refractivity contribution >= 4 is 17.4 Å². The van der Waals surface area contributed by atoms with Crippen molar-refractivity contribution in [1.82, 2.24) is 4.98 Å². The van der Waals surface area contributed by atoms with Crippen LogP contribution in [-0.2, 0) is 4.74 Å². The lowest BCUT2D eigenvalue weighted by Crippen LogP contribution is -2.31. The van der Waals surface area contributed by atoms with Gasteiger partial charge in [-0.05, 0) is 12.1 Å². The summed E-state index contributed by atoms with van der Waals surface area (Å²) in [6, 6.07) is 3.27. The third-order valence-corrected chi connectivity index (χ3v) is 2.81. The summed E-state index contributed by atoms with van der Waals surface area (Å²) in [5, 5.41) is 11.6. The zero-order chi connectivity index (χ0) is 11.5. The normalized spacial score (nSPS) is 23.7. The Morgan fingerprint density at radius 2 is 2.31 bits per heavy atom. The molecule has 4 nitrogen and oxygen atoms in total. The summed E-state index contributed by atoms with van der Waals surface area (Å²) in [5.74, 6) is 0.482. The second kappa shape index (κ2) is 4.82. The molecule has 16 heavy (non-hydrogen) atoms. The molecule has 1 N–H and O–H groups in total. The molecule has 0 saturated heterocycles. The molecule has 5 heteroatoms. The summed E-state index contributed by atoms with van der Waals surface area (Å²) in [5.41, 5.74) is 0. The van der Waals surface area contributed by atoms with Crippen molar-refractivity contribution in [1.29, 1.82) is 0 Å². The van der Waals surface area contributed by atoms with Gasteiger partial charge in [0, 0.05) is 19.7 Å². The number of methoxy groups -OCH3 is 1. The van der Waals surface area contributed by atoms with Gasteiger partial charge in [-0.2, -0.15) is 0 Å². The predicted octanol–water partition coefficient (Wildman–Crippen LogP) is 2.27. The molecular formula is C11H13ClN2O2. The molecule has 0 spiro atoms. The standard InChI is InChI=1S/C11H13ClN2O2/c1-16-10-4-3-9(6-10)14(15)11-5-2-8(12)7-13-11/h2-5,7,9-10,15H,6H2,1H3/t9-,10-/m0/s1. The Bertz CT molecular complexity index is 380. The fourth-order valence-corrected chi connectivity index (χ4v) is 1.79. The SMILES string of the molecule is CO[C@H]1C=C[C@H](N(O)c2ccc(Cl)cn2)C1. The number of rotatable bonds is 3. The second-order valence-corrected chi connectivity index (χ2v) is 4.08. The summed E-state index contributed by atoms with van der Waals surface area (Å²) in [6.07, 6.45) is 6.13. The summed E-state index contributed by atoms with van der Waals surface area (Å²) in [4.78, 5) is 4.04. The Hall–Kier alpha value is -1.10. The molecule has 1 aromatic heterocycles. The molecule has 0 amide bonds. The number of aromatic nitrogens is 1. The van der Waals surface area contributed by atoms with Crippen LogP contribution in [0.5, 0.6) is 0 Å². The fraction of sp³-hybridized carbons (Fsp3) is 0.364. The molecule has 2 rings (SSSR count). The highest BCUT2D eigenvalue weighted by molar-refractivity contribution is 6.30. The van der Waals surface area contributed by atoms with Gasteiger partial charge in [-0.1, -0.05) is 23.8 Å². The van der Waals surface area contributed by atoms with Gasteiger partial charge in [-0.25, -0.2) is 10.0 Å². The molecule has 0 aromatic carbocycles. The Morgan fingerprint density at radius 1 is 1.50 bits per heavy atom. The van der Waals surface area contributed by atoms with Crippen molar-refractivity contribution in [3.05, 3.63) is 35.5 Å². The first kappa shape index (κ1) is 11.4. The maximum atomic E-state index is 9.95. The number of hydroxylamine groups is 1. The third-order valence-electron chi connectivity index (χ3n) is 2.59. The van der Waals surface area contributed by atoms with E-state index in [1.807, 2.05) is 12.2 Å². The van der Waals surface area contributed by atoms with Crippen LogP contribution in [-0.4, -0.2) is 29.4 Å². The van der Waals surface area contributed by atoms with Crippen molar-refractivity contribution in [2.75, 3.05) is 12.2 Å². The van der Waals surface area contributed by atoms with Gasteiger partial charge < -0.3 is 4.74 Å². The Morgan fingerprint density at radius 3 is 2.88 bits per heavy atom. The molecular weight excluding hydrogens is 228 g/mol. The quantitative estimate of drug-likeness (QED) is 0.650. The van der Waals surface area contributed by atoms with Gasteiger partial charge >= 0.3 is 0 Å². The molecule has 2 atom stereocenters. The summed E-state index contributed by atoms with van der Waals surface area (Å²) in [6.45, 7) is 0. The number of anilines is 1. The van der Waals surface area contributed by atoms with Crippen LogP contribution in [0.4, 0.5) is 5.82 Å². The van der Waals surface area contributed by atoms with Gasteiger partial charge in [0.1, 0.15) is 0 Å². The van der Waals surface area contributed by atoms with Crippen molar-refractivity contribution in [2.24, 2.45) is 0 Å². The first-order valence-corrected chi connectivity index (χ1v) is 5.39. The minimum Gasteiger partial charge on any atom is -0.377 e. The number of ether oxygens (including phenoxy) is 1. The van der Waals surface area contributed by atoms with E-state index in [0.29, 0.717) is 10.8 Å². The molecule has 1 aliphatic carbocycles. The Labute approximate surface area is 99.1 Å². The average Bonchev–Trinajstić information content (AvgIpc) is 2.77. The maximum absolute atomic E-state index is 9.95. The van der Waals surface area contributed by atoms with Crippen LogP contribution < -0.4 is 5.06 Å². The average molecular weight is 241 g/mol. The van der Waals surface area contributed by atoms with E-state index in [2.05, 4.69) is 4.98 Å². The van der Waals surface area contributed by atoms with Crippen molar-refractivity contribution < 1.29 is 9.94 Å². The number of hydrogen-bond donors (Lipinski definition) is 1. The lowest BCUT2D eigenvalue weighted by Gasteiger charge is -2.22. The van der Waals surface area contributed by atoms with E-state index in [4.69, 9.17) is 16.3 Å². The minimum absolute atomic E-state index is 0.0620. The third kappa shape index (κ3) is 2.35. The summed E-state index contributed by atoms with van der Waals surface area (Å²) < 4.78 is 5.18. The highest BCUT2D eigenvalue weighted by Crippen LogP contribution is 2.22. The fourth-order valence-electron chi connectivity index (χ4n) is 1.68. The van der Waals surface area contributed by atoms with Crippen molar-refractivity contribution in [2.45, 2.75) is 18.6 Å². The maximum Gasteiger partial charge on any atom is 0.152 e. The van der Waals surface area contributed by atoms with E-state index in [1.54, 1.807) is 19.2 Å². The topological polar surface area (TPSA) is 45.6 Å². The van der Waals surface area contributed by atoms with E-state index < -0.39 is 0 Å². The predicted molar refractivity (Wildman–Crippen MR) is 61.9 cm³/mol. The van der Waals surface area contributed by atoms with Gasteiger partial charge in [-0.15, -0.1) is 0 Å². The molecule has 0 fully saturated rings. The van der Waals surface area contributed by atoms with Gasteiger partial charge in [0.15, 0.2) is 5.82 Å². The van der Waals surface area contributed by atoms with Crippen molar-refractivity contribution in [3.8, 4) is 0 Å². The minimum atomic E-state index is -0.0985. The van der Waals surface area contributed by atoms with E-state index >= 15 is 0 Å². The van der Waals surface area contributed by atoms with Crippen LogP contribution in [0.15, 0.2) is 30.5 Å². The number of nitrogens with zero attached hydrogens (tertiary/aromatic N) is 2. The van der Waals surface area contributed by atoms with Crippen molar-refractivity contribution in [3.63, 3.8) is 0 Å². The highest BCUT2D eigenvalue weighted by Gasteiger charge is 2.24. The van der Waals surface area contributed by atoms with E-state index in [-0.39, 0.29) is 12.1 Å². The van der Waals surface area contributed by atoms with Crippen LogP contribution in [0.3, 0.4) is 0 Å². The Kier molecular flexibility index (Phi) is 3.43. The van der Waals surface area contributed by atoms with Crippen LogP contribution in [0, 0.1) is 0 Å². The molecule has 1 aromatic rings. The number of pyridine rings is 1. The van der Waals surface area contributed by atoms with Crippen LogP contribution in [0.1, 0.15) is 6.42 Å². The lowest BCUT2D eigenvalue weighted by atomic mass is 10.2. The molecule has 1 heterocycles. The zero-order valence-electron chi connectivity index (χ0n) is 8.88. The molecule has 0 bridgehead atoms. The van der Waals surface area contributed by atoms with Gasteiger partial charge in [0.2, 0.25) is 0 Å². The van der Waals surface area contributed by atoms with Gasteiger partial charge in [0.25, 0.3) is 0 Å². The molecule has 0 unspecified atom stereocenters. The smallest absolute Gasteiger partial charge is 0.152 e. The number of halogens is 1. The first-order valence-electron chi connectivity index (χ1n) is 5.01. The number of hydrogen-bond acceptors (Lipinski definition) is 4. The Balaban J connectivity index is 2.06. The molecule has 0 aliphatic heterocycles. The largest absolute Gasteiger partial charge is 0.377 e. The van der Waals surface area contributed by atoms with Gasteiger partial charge in [0.05, 0.1) is 17.2 Å². The molecule has 86 valence electrons. The first-order chi connectivity index (χ1) is 7.70. The lowest BCUT2D eigenvalue weighted by molar-refractivity contribution is 0.126. The van der Waals surface area contributed by atoms with Crippen LogP contribution in [0.25, 0.3) is 0 Å². The van der Waals surface area contributed by atoms with E-state index in [9.17, 15) is 5.21 Å². The molecule has 0 radical (unpaired) electrons. The summed E-state index contributed by atoms with van der Waals surface area (Å²) >= 11 is 5.73. The summed E-state index contributed by atoms with van der Waals surface area (Å²) in [7, 11) is 1.65. The van der Waals surface area contributed by atoms with Crippen LogP contribution in [0.2, 0.25) is 5.02 Å². The second-order valence-electron chi connectivity index (χ2n) is 3.64. The van der Waals surface area contributed by atoms with E-state index in [1.165, 1.54) is 6.20 Å².